The number of nitrogens with zero attached hydrogens (tertiary/aromatic N) is 2. The van der Waals surface area contributed by atoms with E-state index in [0.717, 1.165) is 28.0 Å². The molecule has 0 aliphatic carbocycles. The predicted molar refractivity (Wildman–Crippen MR) is 60.4 cm³/mol. The lowest BCUT2D eigenvalue weighted by atomic mass is 10.4. The molecule has 0 aliphatic rings. The molecule has 72 valence electrons. The van der Waals surface area contributed by atoms with Crippen LogP contribution >= 0.6 is 23.5 Å². The molecule has 0 atom stereocenters. The normalized spacial score (nSPS) is 10.4. The maximum absolute atomic E-state index is 4.43. The van der Waals surface area contributed by atoms with E-state index in [-0.39, 0.29) is 0 Å². The van der Waals surface area contributed by atoms with Crippen LogP contribution in [0.4, 0.5) is 0 Å². The average molecular weight is 214 g/mol. The summed E-state index contributed by atoms with van der Waals surface area (Å²) in [4.78, 5) is 8.76. The van der Waals surface area contributed by atoms with Crippen molar-refractivity contribution in [3.8, 4) is 0 Å². The number of rotatable bonds is 4. The van der Waals surface area contributed by atoms with Gasteiger partial charge in [0.2, 0.25) is 0 Å². The van der Waals surface area contributed by atoms with Gasteiger partial charge in [0.25, 0.3) is 0 Å². The Morgan fingerprint density at radius 1 is 1.38 bits per heavy atom. The van der Waals surface area contributed by atoms with Gasteiger partial charge in [0.15, 0.2) is 0 Å². The standard InChI is InChI=1S/C9H14N2S2/c1-4-8-10-7(2)5-9(11-8)13-6-12-3/h5H,4,6H2,1-3H3. The molecule has 0 aromatic carbocycles. The molecule has 0 spiro atoms. The summed E-state index contributed by atoms with van der Waals surface area (Å²) in [6.07, 6.45) is 3.01. The van der Waals surface area contributed by atoms with Crippen LogP contribution in [-0.4, -0.2) is 21.3 Å². The molecule has 4 heteroatoms. The molecule has 0 unspecified atom stereocenters. The quantitative estimate of drug-likeness (QED) is 0.437. The Labute approximate surface area is 87.9 Å². The largest absolute Gasteiger partial charge is 0.238 e. The van der Waals surface area contributed by atoms with Gasteiger partial charge in [-0.2, -0.15) is 11.8 Å². The molecule has 0 aliphatic heterocycles. The van der Waals surface area contributed by atoms with Gasteiger partial charge in [0.1, 0.15) is 10.9 Å². The lowest BCUT2D eigenvalue weighted by Crippen LogP contribution is -1.96. The smallest absolute Gasteiger partial charge is 0.129 e. The average Bonchev–Trinajstić information content (AvgIpc) is 2.14. The van der Waals surface area contributed by atoms with Crippen molar-refractivity contribution in [3.63, 3.8) is 0 Å². The van der Waals surface area contributed by atoms with Crippen molar-refractivity contribution >= 4 is 23.5 Å². The van der Waals surface area contributed by atoms with E-state index >= 15 is 0 Å². The summed E-state index contributed by atoms with van der Waals surface area (Å²) in [7, 11) is 0. The summed E-state index contributed by atoms with van der Waals surface area (Å²) < 4.78 is 0. The van der Waals surface area contributed by atoms with Crippen LogP contribution in [0.25, 0.3) is 0 Å². The number of hydrogen-bond acceptors (Lipinski definition) is 4. The molecule has 1 aromatic rings. The first-order valence-electron chi connectivity index (χ1n) is 4.22. The molecule has 13 heavy (non-hydrogen) atoms. The van der Waals surface area contributed by atoms with Crippen LogP contribution in [0.15, 0.2) is 11.1 Å². The van der Waals surface area contributed by atoms with Crippen LogP contribution in [0.2, 0.25) is 0 Å². The van der Waals surface area contributed by atoms with Crippen LogP contribution in [0.3, 0.4) is 0 Å². The fraction of sp³-hybridized carbons (Fsp3) is 0.556. The van der Waals surface area contributed by atoms with Gasteiger partial charge in [-0.3, -0.25) is 0 Å². The molecule has 0 radical (unpaired) electrons. The third-order valence-electron chi connectivity index (χ3n) is 1.52. The van der Waals surface area contributed by atoms with Gasteiger partial charge in [-0.15, -0.1) is 0 Å². The number of hydrogen-bond donors (Lipinski definition) is 0. The maximum atomic E-state index is 4.43. The van der Waals surface area contributed by atoms with E-state index in [0.29, 0.717) is 0 Å². The first kappa shape index (κ1) is 10.9. The monoisotopic (exact) mass is 214 g/mol. The predicted octanol–water partition coefficient (Wildman–Crippen LogP) is 2.76. The van der Waals surface area contributed by atoms with Crippen LogP contribution < -0.4 is 0 Å². The highest BCUT2D eigenvalue weighted by Gasteiger charge is 2.00. The second-order valence-electron chi connectivity index (χ2n) is 2.67. The van der Waals surface area contributed by atoms with Crippen molar-refractivity contribution in [1.29, 1.82) is 0 Å². The van der Waals surface area contributed by atoms with Gasteiger partial charge in [0.05, 0.1) is 0 Å². The second kappa shape index (κ2) is 5.50. The fourth-order valence-electron chi connectivity index (χ4n) is 0.950. The molecule has 1 aromatic heterocycles. The number of aryl methyl sites for hydroxylation is 2. The maximum Gasteiger partial charge on any atom is 0.129 e. The third-order valence-corrected chi connectivity index (χ3v) is 3.44. The molecule has 0 saturated carbocycles. The Hall–Kier alpha value is -0.220. The minimum absolute atomic E-state index is 0.911. The van der Waals surface area contributed by atoms with E-state index in [1.807, 2.05) is 24.8 Å². The minimum Gasteiger partial charge on any atom is -0.238 e. The molecule has 0 N–H and O–H groups in total. The van der Waals surface area contributed by atoms with Gasteiger partial charge < -0.3 is 0 Å². The van der Waals surface area contributed by atoms with E-state index in [9.17, 15) is 0 Å². The molecule has 0 saturated heterocycles. The highest BCUT2D eigenvalue weighted by atomic mass is 32.2. The van der Waals surface area contributed by atoms with Gasteiger partial charge in [-0.1, -0.05) is 18.7 Å². The highest BCUT2D eigenvalue weighted by Crippen LogP contribution is 2.19. The van der Waals surface area contributed by atoms with Crippen molar-refractivity contribution < 1.29 is 0 Å². The first-order chi connectivity index (χ1) is 6.26. The summed E-state index contributed by atoms with van der Waals surface area (Å²) in [5.74, 6) is 0.948. The topological polar surface area (TPSA) is 25.8 Å². The molecule has 1 rings (SSSR count). The van der Waals surface area contributed by atoms with E-state index in [1.165, 1.54) is 0 Å². The van der Waals surface area contributed by atoms with Crippen LogP contribution in [-0.2, 0) is 6.42 Å². The van der Waals surface area contributed by atoms with Gasteiger partial charge in [0, 0.05) is 17.2 Å². The third kappa shape index (κ3) is 3.56. The summed E-state index contributed by atoms with van der Waals surface area (Å²) >= 11 is 3.59. The van der Waals surface area contributed by atoms with Crippen molar-refractivity contribution in [1.82, 2.24) is 9.97 Å². The number of aromatic nitrogens is 2. The Bertz CT molecular complexity index is 276. The Morgan fingerprint density at radius 3 is 2.77 bits per heavy atom. The summed E-state index contributed by atoms with van der Waals surface area (Å²) in [6, 6.07) is 2.04. The second-order valence-corrected chi connectivity index (χ2v) is 4.90. The van der Waals surface area contributed by atoms with Gasteiger partial charge in [-0.05, 0) is 19.2 Å². The van der Waals surface area contributed by atoms with Crippen molar-refractivity contribution in [2.75, 3.05) is 11.3 Å². The molecule has 0 amide bonds. The Kier molecular flexibility index (Phi) is 4.59. The SMILES string of the molecule is CCc1nc(C)cc(SCSC)n1. The molecule has 1 heterocycles. The van der Waals surface area contributed by atoms with Crippen LogP contribution in [0, 0.1) is 6.92 Å². The zero-order valence-electron chi connectivity index (χ0n) is 8.20. The molecular weight excluding hydrogens is 200 g/mol. The van der Waals surface area contributed by atoms with E-state index in [2.05, 4.69) is 23.1 Å². The van der Waals surface area contributed by atoms with E-state index < -0.39 is 0 Å². The molecular formula is C9H14N2S2. The Morgan fingerprint density at radius 2 is 2.15 bits per heavy atom. The fourth-order valence-corrected chi connectivity index (χ4v) is 2.33. The molecule has 0 bridgehead atoms. The highest BCUT2D eigenvalue weighted by molar-refractivity contribution is 8.15. The van der Waals surface area contributed by atoms with Gasteiger partial charge >= 0.3 is 0 Å². The Balaban J connectivity index is 2.76. The zero-order valence-corrected chi connectivity index (χ0v) is 9.84. The lowest BCUT2D eigenvalue weighted by Gasteiger charge is -2.02. The van der Waals surface area contributed by atoms with E-state index in [4.69, 9.17) is 0 Å². The van der Waals surface area contributed by atoms with Crippen molar-refractivity contribution in [2.24, 2.45) is 0 Å². The molecule has 2 nitrogen and oxygen atoms in total. The summed E-state index contributed by atoms with van der Waals surface area (Å²) in [5.41, 5.74) is 1.07. The van der Waals surface area contributed by atoms with Crippen LogP contribution in [0.5, 0.6) is 0 Å². The number of thioether (sulfide) groups is 2. The zero-order chi connectivity index (χ0) is 9.68. The van der Waals surface area contributed by atoms with Crippen LogP contribution in [0.1, 0.15) is 18.4 Å². The van der Waals surface area contributed by atoms with Crippen molar-refractivity contribution in [3.05, 3.63) is 17.6 Å². The molecule has 0 fully saturated rings. The summed E-state index contributed by atoms with van der Waals surface area (Å²) in [5, 5.41) is 2.15. The van der Waals surface area contributed by atoms with Gasteiger partial charge in [-0.25, -0.2) is 9.97 Å². The van der Waals surface area contributed by atoms with Crippen molar-refractivity contribution in [2.45, 2.75) is 25.3 Å². The van der Waals surface area contributed by atoms with E-state index in [1.54, 1.807) is 11.8 Å². The lowest BCUT2D eigenvalue weighted by molar-refractivity contribution is 0.869. The minimum atomic E-state index is 0.911. The first-order valence-corrected chi connectivity index (χ1v) is 6.60. The summed E-state index contributed by atoms with van der Waals surface area (Å²) in [6.45, 7) is 4.10.